The fourth-order valence-corrected chi connectivity index (χ4v) is 1.31. The molecule has 15 heavy (non-hydrogen) atoms. The van der Waals surface area contributed by atoms with Gasteiger partial charge in [-0.15, -0.1) is 0 Å². The summed E-state index contributed by atoms with van der Waals surface area (Å²) in [7, 11) is 2.16. The molecule has 0 aromatic rings. The number of hydrogen-bond donors (Lipinski definition) is 1. The van der Waals surface area contributed by atoms with Crippen LogP contribution in [0.15, 0.2) is 0 Å². The molecule has 0 aliphatic rings. The zero-order chi connectivity index (χ0) is 11.7. The van der Waals surface area contributed by atoms with E-state index in [-0.39, 0.29) is 5.54 Å². The molecule has 92 valence electrons. The van der Waals surface area contributed by atoms with Crippen molar-refractivity contribution in [1.29, 1.82) is 0 Å². The van der Waals surface area contributed by atoms with Crippen LogP contribution in [0.2, 0.25) is 0 Å². The van der Waals surface area contributed by atoms with Gasteiger partial charge in [-0.3, -0.25) is 0 Å². The minimum absolute atomic E-state index is 0.228. The molecule has 0 heterocycles. The number of nitrogens with zero attached hydrogens (tertiary/aromatic N) is 1. The highest BCUT2D eigenvalue weighted by Crippen LogP contribution is 1.97. The average Bonchev–Trinajstić information content (AvgIpc) is 2.10. The van der Waals surface area contributed by atoms with E-state index in [1.807, 2.05) is 6.92 Å². The molecule has 0 rings (SSSR count). The zero-order valence-corrected chi connectivity index (χ0v) is 11.1. The maximum atomic E-state index is 5.30. The highest BCUT2D eigenvalue weighted by molar-refractivity contribution is 4.70. The van der Waals surface area contributed by atoms with Gasteiger partial charge in [0.05, 0.1) is 0 Å². The first-order chi connectivity index (χ1) is 6.95. The number of likely N-dealkylation sites (N-methyl/N-ethyl adjacent to an activating group) is 1. The van der Waals surface area contributed by atoms with Gasteiger partial charge in [-0.25, -0.2) is 0 Å². The maximum Gasteiger partial charge on any atom is 0.0478 e. The van der Waals surface area contributed by atoms with Crippen LogP contribution in [0, 0.1) is 0 Å². The summed E-state index contributed by atoms with van der Waals surface area (Å²) >= 11 is 0. The molecule has 0 saturated carbocycles. The SMILES string of the molecule is CCOCCCN(C)CCNC(C)(C)C. The molecule has 1 N–H and O–H groups in total. The van der Waals surface area contributed by atoms with Crippen molar-refractivity contribution in [2.45, 2.75) is 39.7 Å². The topological polar surface area (TPSA) is 24.5 Å². The van der Waals surface area contributed by atoms with Gasteiger partial charge >= 0.3 is 0 Å². The molecular formula is C12H28N2O. The number of nitrogens with one attached hydrogen (secondary N) is 1. The summed E-state index contributed by atoms with van der Waals surface area (Å²) in [6, 6.07) is 0. The van der Waals surface area contributed by atoms with Crippen LogP contribution >= 0.6 is 0 Å². The smallest absolute Gasteiger partial charge is 0.0478 e. The molecule has 0 saturated heterocycles. The largest absolute Gasteiger partial charge is 0.382 e. The van der Waals surface area contributed by atoms with Crippen molar-refractivity contribution in [1.82, 2.24) is 10.2 Å². The summed E-state index contributed by atoms with van der Waals surface area (Å²) in [5.74, 6) is 0. The molecule has 0 fully saturated rings. The molecule has 0 amide bonds. The van der Waals surface area contributed by atoms with Crippen LogP contribution in [-0.4, -0.2) is 50.3 Å². The Morgan fingerprint density at radius 1 is 1.20 bits per heavy atom. The Balaban J connectivity index is 3.29. The summed E-state index contributed by atoms with van der Waals surface area (Å²) < 4.78 is 5.30. The van der Waals surface area contributed by atoms with Crippen molar-refractivity contribution in [2.75, 3.05) is 39.9 Å². The molecule has 0 bridgehead atoms. The van der Waals surface area contributed by atoms with E-state index in [0.29, 0.717) is 0 Å². The molecule has 0 radical (unpaired) electrons. The Kier molecular flexibility index (Phi) is 8.02. The summed E-state index contributed by atoms with van der Waals surface area (Å²) in [5, 5.41) is 3.48. The summed E-state index contributed by atoms with van der Waals surface area (Å²) in [6.07, 6.45) is 1.12. The molecule has 0 aromatic carbocycles. The second-order valence-corrected chi connectivity index (χ2v) is 5.03. The monoisotopic (exact) mass is 216 g/mol. The molecule has 0 atom stereocenters. The van der Waals surface area contributed by atoms with Gasteiger partial charge in [0.15, 0.2) is 0 Å². The lowest BCUT2D eigenvalue weighted by atomic mass is 10.1. The van der Waals surface area contributed by atoms with E-state index < -0.39 is 0 Å². The lowest BCUT2D eigenvalue weighted by Crippen LogP contribution is -2.40. The van der Waals surface area contributed by atoms with Crippen LogP contribution in [0.4, 0.5) is 0 Å². The van der Waals surface area contributed by atoms with Crippen LogP contribution in [0.3, 0.4) is 0 Å². The molecule has 0 spiro atoms. The third-order valence-corrected chi connectivity index (χ3v) is 2.18. The molecule has 0 unspecified atom stereocenters. The first kappa shape index (κ1) is 14.9. The van der Waals surface area contributed by atoms with E-state index in [1.54, 1.807) is 0 Å². The van der Waals surface area contributed by atoms with Crippen molar-refractivity contribution < 1.29 is 4.74 Å². The summed E-state index contributed by atoms with van der Waals surface area (Å²) in [6.45, 7) is 13.6. The Morgan fingerprint density at radius 3 is 2.40 bits per heavy atom. The minimum atomic E-state index is 0.228. The Bertz CT molecular complexity index is 143. The predicted octanol–water partition coefficient (Wildman–Crippen LogP) is 1.73. The lowest BCUT2D eigenvalue weighted by Gasteiger charge is -2.23. The average molecular weight is 216 g/mol. The highest BCUT2D eigenvalue weighted by Gasteiger charge is 2.08. The molecule has 0 aromatic heterocycles. The van der Waals surface area contributed by atoms with E-state index >= 15 is 0 Å². The molecular weight excluding hydrogens is 188 g/mol. The summed E-state index contributed by atoms with van der Waals surface area (Å²) in [4.78, 5) is 2.35. The number of ether oxygens (including phenoxy) is 1. The third-order valence-electron chi connectivity index (χ3n) is 2.18. The van der Waals surface area contributed by atoms with Crippen LogP contribution in [0.25, 0.3) is 0 Å². The predicted molar refractivity (Wildman–Crippen MR) is 66.4 cm³/mol. The normalized spacial score (nSPS) is 12.4. The van der Waals surface area contributed by atoms with Gasteiger partial charge in [-0.1, -0.05) is 0 Å². The van der Waals surface area contributed by atoms with Gasteiger partial charge in [0, 0.05) is 38.4 Å². The Morgan fingerprint density at radius 2 is 1.87 bits per heavy atom. The first-order valence-electron chi connectivity index (χ1n) is 5.97. The Labute approximate surface area is 95.2 Å². The van der Waals surface area contributed by atoms with E-state index in [2.05, 4.69) is 38.0 Å². The van der Waals surface area contributed by atoms with Gasteiger partial charge in [-0.05, 0) is 41.2 Å². The van der Waals surface area contributed by atoms with Crippen molar-refractivity contribution in [3.8, 4) is 0 Å². The van der Waals surface area contributed by atoms with Gasteiger partial charge in [0.1, 0.15) is 0 Å². The molecule has 0 aliphatic carbocycles. The highest BCUT2D eigenvalue weighted by atomic mass is 16.5. The third kappa shape index (κ3) is 11.8. The quantitative estimate of drug-likeness (QED) is 0.625. The van der Waals surface area contributed by atoms with Crippen LogP contribution < -0.4 is 5.32 Å². The second-order valence-electron chi connectivity index (χ2n) is 5.03. The Hall–Kier alpha value is -0.120. The number of hydrogen-bond acceptors (Lipinski definition) is 3. The van der Waals surface area contributed by atoms with Crippen molar-refractivity contribution in [3.63, 3.8) is 0 Å². The first-order valence-corrected chi connectivity index (χ1v) is 5.97. The molecule has 3 nitrogen and oxygen atoms in total. The van der Waals surface area contributed by atoms with Crippen molar-refractivity contribution >= 4 is 0 Å². The lowest BCUT2D eigenvalue weighted by molar-refractivity contribution is 0.135. The van der Waals surface area contributed by atoms with Crippen LogP contribution in [-0.2, 0) is 4.74 Å². The van der Waals surface area contributed by atoms with Gasteiger partial charge < -0.3 is 15.0 Å². The van der Waals surface area contributed by atoms with Gasteiger partial charge in [0.2, 0.25) is 0 Å². The number of rotatable bonds is 8. The molecule has 3 heteroatoms. The van der Waals surface area contributed by atoms with Crippen molar-refractivity contribution in [3.05, 3.63) is 0 Å². The van der Waals surface area contributed by atoms with E-state index in [9.17, 15) is 0 Å². The van der Waals surface area contributed by atoms with E-state index in [0.717, 1.165) is 39.3 Å². The standard InChI is InChI=1S/C12H28N2O/c1-6-15-11-7-9-14(5)10-8-13-12(2,3)4/h13H,6-11H2,1-5H3. The van der Waals surface area contributed by atoms with Crippen molar-refractivity contribution in [2.24, 2.45) is 0 Å². The van der Waals surface area contributed by atoms with E-state index in [4.69, 9.17) is 4.74 Å². The fourth-order valence-electron chi connectivity index (χ4n) is 1.31. The van der Waals surface area contributed by atoms with Crippen LogP contribution in [0.5, 0.6) is 0 Å². The maximum absolute atomic E-state index is 5.30. The fraction of sp³-hybridized carbons (Fsp3) is 1.00. The molecule has 0 aliphatic heterocycles. The van der Waals surface area contributed by atoms with Crippen LogP contribution in [0.1, 0.15) is 34.1 Å². The second kappa shape index (κ2) is 8.08. The zero-order valence-electron chi connectivity index (χ0n) is 11.1. The minimum Gasteiger partial charge on any atom is -0.382 e. The van der Waals surface area contributed by atoms with Gasteiger partial charge in [-0.2, -0.15) is 0 Å². The summed E-state index contributed by atoms with van der Waals surface area (Å²) in [5.41, 5.74) is 0.228. The van der Waals surface area contributed by atoms with E-state index in [1.165, 1.54) is 0 Å². The van der Waals surface area contributed by atoms with Gasteiger partial charge in [0.25, 0.3) is 0 Å².